The Morgan fingerprint density at radius 2 is 1.89 bits per heavy atom. The first-order valence-corrected chi connectivity index (χ1v) is 7.76. The first kappa shape index (κ1) is 15.9. The summed E-state index contributed by atoms with van der Waals surface area (Å²) >= 11 is 0. The van der Waals surface area contributed by atoms with Gasteiger partial charge >= 0.3 is 0 Å². The van der Waals surface area contributed by atoms with Gasteiger partial charge in [0.05, 0.1) is 11.5 Å². The predicted octanol–water partition coefficient (Wildman–Crippen LogP) is 1.28. The highest BCUT2D eigenvalue weighted by Gasteiger charge is 2.24. The van der Waals surface area contributed by atoms with Crippen molar-refractivity contribution in [2.24, 2.45) is 0 Å². The minimum atomic E-state index is -3.59. The van der Waals surface area contributed by atoms with E-state index in [9.17, 15) is 8.42 Å². The van der Waals surface area contributed by atoms with E-state index in [1.165, 1.54) is 10.4 Å². The Bertz CT molecular complexity index is 512. The van der Waals surface area contributed by atoms with Crippen molar-refractivity contribution in [3.63, 3.8) is 0 Å². The number of aryl methyl sites for hydroxylation is 1. The standard InChI is InChI=1S/C13H22N2O3S/c1-4-5-15(6-7-16)19(17,18)12-8-10(2)11(3)13(14)9-12/h8-9,16H,4-7,14H2,1-3H3. The van der Waals surface area contributed by atoms with Gasteiger partial charge in [0.1, 0.15) is 0 Å². The van der Waals surface area contributed by atoms with Crippen LogP contribution in [0.1, 0.15) is 24.5 Å². The lowest BCUT2D eigenvalue weighted by Crippen LogP contribution is -2.34. The highest BCUT2D eigenvalue weighted by Crippen LogP contribution is 2.24. The lowest BCUT2D eigenvalue weighted by Gasteiger charge is -2.21. The van der Waals surface area contributed by atoms with Crippen molar-refractivity contribution < 1.29 is 13.5 Å². The van der Waals surface area contributed by atoms with E-state index in [0.29, 0.717) is 18.7 Å². The summed E-state index contributed by atoms with van der Waals surface area (Å²) in [7, 11) is -3.59. The van der Waals surface area contributed by atoms with Crippen molar-refractivity contribution in [2.45, 2.75) is 32.1 Å². The van der Waals surface area contributed by atoms with E-state index in [4.69, 9.17) is 10.8 Å². The van der Waals surface area contributed by atoms with Gasteiger partial charge in [-0.15, -0.1) is 0 Å². The molecule has 0 aromatic heterocycles. The number of sulfonamides is 1. The Kier molecular flexibility index (Phi) is 5.34. The molecule has 0 saturated heterocycles. The maximum atomic E-state index is 12.5. The summed E-state index contributed by atoms with van der Waals surface area (Å²) in [6.07, 6.45) is 0.694. The van der Waals surface area contributed by atoms with Crippen LogP contribution in [0.15, 0.2) is 17.0 Å². The Balaban J connectivity index is 3.25. The molecular formula is C13H22N2O3S. The summed E-state index contributed by atoms with van der Waals surface area (Å²) in [5.74, 6) is 0. The molecule has 0 saturated carbocycles. The molecule has 0 aliphatic rings. The van der Waals surface area contributed by atoms with Crippen LogP contribution in [0.5, 0.6) is 0 Å². The van der Waals surface area contributed by atoms with Crippen molar-refractivity contribution in [1.82, 2.24) is 4.31 Å². The zero-order valence-electron chi connectivity index (χ0n) is 11.7. The molecule has 5 nitrogen and oxygen atoms in total. The quantitative estimate of drug-likeness (QED) is 0.772. The van der Waals surface area contributed by atoms with Crippen LogP contribution in [0.25, 0.3) is 0 Å². The van der Waals surface area contributed by atoms with E-state index >= 15 is 0 Å². The maximum absolute atomic E-state index is 12.5. The summed E-state index contributed by atoms with van der Waals surface area (Å²) in [4.78, 5) is 0.190. The molecule has 0 fully saturated rings. The number of nitrogens with two attached hydrogens (primary N) is 1. The Morgan fingerprint density at radius 1 is 1.26 bits per heavy atom. The van der Waals surface area contributed by atoms with Crippen molar-refractivity contribution in [1.29, 1.82) is 0 Å². The summed E-state index contributed by atoms with van der Waals surface area (Å²) in [6.45, 7) is 5.88. The molecule has 108 valence electrons. The number of hydrogen-bond donors (Lipinski definition) is 2. The number of nitrogen functional groups attached to an aromatic ring is 1. The van der Waals surface area contributed by atoms with Crippen LogP contribution in [0.4, 0.5) is 5.69 Å². The fourth-order valence-corrected chi connectivity index (χ4v) is 3.51. The summed E-state index contributed by atoms with van der Waals surface area (Å²) < 4.78 is 26.3. The van der Waals surface area contributed by atoms with Gasteiger partial charge < -0.3 is 10.8 Å². The highest BCUT2D eigenvalue weighted by atomic mass is 32.2. The van der Waals surface area contributed by atoms with Crippen LogP contribution in [0.3, 0.4) is 0 Å². The van der Waals surface area contributed by atoms with E-state index in [-0.39, 0.29) is 18.0 Å². The fraction of sp³-hybridized carbons (Fsp3) is 0.538. The lowest BCUT2D eigenvalue weighted by molar-refractivity contribution is 0.253. The third-order valence-electron chi connectivity index (χ3n) is 3.14. The van der Waals surface area contributed by atoms with Gasteiger partial charge in [0.25, 0.3) is 0 Å². The molecule has 0 atom stereocenters. The van der Waals surface area contributed by atoms with Crippen molar-refractivity contribution in [3.8, 4) is 0 Å². The molecule has 0 amide bonds. The topological polar surface area (TPSA) is 83.6 Å². The van der Waals surface area contributed by atoms with E-state index in [2.05, 4.69) is 0 Å². The Hall–Kier alpha value is -1.11. The zero-order chi connectivity index (χ0) is 14.6. The monoisotopic (exact) mass is 286 g/mol. The molecule has 1 aromatic rings. The molecule has 0 aliphatic carbocycles. The van der Waals surface area contributed by atoms with Gasteiger partial charge in [-0.1, -0.05) is 6.92 Å². The molecule has 0 radical (unpaired) electrons. The van der Waals surface area contributed by atoms with Crippen LogP contribution in [-0.2, 0) is 10.0 Å². The second-order valence-electron chi connectivity index (χ2n) is 4.58. The minimum absolute atomic E-state index is 0.100. The third-order valence-corrected chi connectivity index (χ3v) is 5.02. The van der Waals surface area contributed by atoms with E-state index in [1.807, 2.05) is 20.8 Å². The molecule has 0 bridgehead atoms. The summed E-state index contributed by atoms with van der Waals surface area (Å²) in [6, 6.07) is 3.11. The predicted molar refractivity (Wildman–Crippen MR) is 76.5 cm³/mol. The number of anilines is 1. The molecule has 0 unspecified atom stereocenters. The highest BCUT2D eigenvalue weighted by molar-refractivity contribution is 7.89. The smallest absolute Gasteiger partial charge is 0.243 e. The van der Waals surface area contributed by atoms with Gasteiger partial charge in [-0.2, -0.15) is 4.31 Å². The van der Waals surface area contributed by atoms with Crippen LogP contribution in [-0.4, -0.2) is 37.5 Å². The molecule has 3 N–H and O–H groups in total. The molecule has 6 heteroatoms. The average Bonchev–Trinajstić information content (AvgIpc) is 2.35. The SMILES string of the molecule is CCCN(CCO)S(=O)(=O)c1cc(C)c(C)c(N)c1. The van der Waals surface area contributed by atoms with Crippen molar-refractivity contribution >= 4 is 15.7 Å². The van der Waals surface area contributed by atoms with Gasteiger partial charge in [0.2, 0.25) is 10.0 Å². The largest absolute Gasteiger partial charge is 0.398 e. The molecular weight excluding hydrogens is 264 g/mol. The Labute approximate surface area is 115 Å². The summed E-state index contributed by atoms with van der Waals surface area (Å²) in [5.41, 5.74) is 8.04. The summed E-state index contributed by atoms with van der Waals surface area (Å²) in [5, 5.41) is 9.00. The second kappa shape index (κ2) is 6.36. The molecule has 0 heterocycles. The van der Waals surface area contributed by atoms with E-state index < -0.39 is 10.0 Å². The molecule has 0 aliphatic heterocycles. The normalized spacial score (nSPS) is 12.1. The molecule has 19 heavy (non-hydrogen) atoms. The number of rotatable bonds is 6. The number of nitrogens with zero attached hydrogens (tertiary/aromatic N) is 1. The van der Waals surface area contributed by atoms with Gasteiger partial charge in [-0.3, -0.25) is 0 Å². The van der Waals surface area contributed by atoms with E-state index in [1.54, 1.807) is 6.07 Å². The number of aliphatic hydroxyl groups is 1. The number of aliphatic hydroxyl groups excluding tert-OH is 1. The first-order valence-electron chi connectivity index (χ1n) is 6.32. The van der Waals surface area contributed by atoms with E-state index in [0.717, 1.165) is 11.1 Å². The Morgan fingerprint density at radius 3 is 2.37 bits per heavy atom. The van der Waals surface area contributed by atoms with Gasteiger partial charge in [0, 0.05) is 18.8 Å². The van der Waals surface area contributed by atoms with Crippen LogP contribution >= 0.6 is 0 Å². The zero-order valence-corrected chi connectivity index (χ0v) is 12.5. The lowest BCUT2D eigenvalue weighted by atomic mass is 10.1. The van der Waals surface area contributed by atoms with Crippen LogP contribution < -0.4 is 5.73 Å². The van der Waals surface area contributed by atoms with Crippen LogP contribution in [0.2, 0.25) is 0 Å². The number of benzene rings is 1. The molecule has 1 rings (SSSR count). The first-order chi connectivity index (χ1) is 8.84. The van der Waals surface area contributed by atoms with Crippen molar-refractivity contribution in [3.05, 3.63) is 23.3 Å². The minimum Gasteiger partial charge on any atom is -0.398 e. The van der Waals surface area contributed by atoms with Gasteiger partial charge in [0.15, 0.2) is 0 Å². The third kappa shape index (κ3) is 3.46. The second-order valence-corrected chi connectivity index (χ2v) is 6.52. The number of hydrogen-bond acceptors (Lipinski definition) is 4. The maximum Gasteiger partial charge on any atom is 0.243 e. The molecule has 0 spiro atoms. The fourth-order valence-electron chi connectivity index (χ4n) is 1.86. The molecule has 1 aromatic carbocycles. The van der Waals surface area contributed by atoms with Gasteiger partial charge in [-0.05, 0) is 43.5 Å². The van der Waals surface area contributed by atoms with Crippen LogP contribution in [0, 0.1) is 13.8 Å². The average molecular weight is 286 g/mol. The van der Waals surface area contributed by atoms with Crippen molar-refractivity contribution in [2.75, 3.05) is 25.4 Å². The van der Waals surface area contributed by atoms with Gasteiger partial charge in [-0.25, -0.2) is 8.42 Å².